The Morgan fingerprint density at radius 3 is 2.69 bits per heavy atom. The number of benzene rings is 2. The largest absolute Gasteiger partial charge is 0.380 e. The summed E-state index contributed by atoms with van der Waals surface area (Å²) < 4.78 is 15.3. The van der Waals surface area contributed by atoms with Crippen LogP contribution in [0.1, 0.15) is 24.8 Å². The number of halogens is 1. The van der Waals surface area contributed by atoms with Crippen LogP contribution in [0.5, 0.6) is 0 Å². The zero-order valence-electron chi connectivity index (χ0n) is 21.3. The minimum atomic E-state index is -0.382. The first-order valence-corrected chi connectivity index (χ1v) is 13.2. The van der Waals surface area contributed by atoms with Gasteiger partial charge in [-0.2, -0.15) is 5.10 Å². The highest BCUT2D eigenvalue weighted by atomic mass is 19.1. The Morgan fingerprint density at radius 1 is 0.949 bits per heavy atom. The van der Waals surface area contributed by atoms with Crippen molar-refractivity contribution in [1.82, 2.24) is 30.1 Å². The number of pyridine rings is 2. The normalized spacial score (nSPS) is 13.8. The molecule has 7 rings (SSSR count). The third-order valence-electron chi connectivity index (χ3n) is 7.32. The number of aromatic nitrogens is 6. The van der Waals surface area contributed by atoms with Crippen LogP contribution in [0.25, 0.3) is 44.7 Å². The number of anilines is 2. The van der Waals surface area contributed by atoms with E-state index >= 15 is 4.39 Å². The topological polar surface area (TPSA) is 98.4 Å². The van der Waals surface area contributed by atoms with Crippen molar-refractivity contribution >= 4 is 33.4 Å². The van der Waals surface area contributed by atoms with Gasteiger partial charge in [-0.1, -0.05) is 30.3 Å². The highest BCUT2D eigenvalue weighted by molar-refractivity contribution is 5.97. The molecule has 6 aromatic rings. The molecule has 0 atom stereocenters. The van der Waals surface area contributed by atoms with Crippen LogP contribution in [-0.2, 0) is 6.54 Å². The number of hydrogen-bond acceptors (Lipinski definition) is 6. The lowest BCUT2D eigenvalue weighted by Gasteiger charge is -2.28. The zero-order chi connectivity index (χ0) is 26.2. The van der Waals surface area contributed by atoms with Crippen molar-refractivity contribution in [3.63, 3.8) is 0 Å². The predicted octanol–water partition coefficient (Wildman–Crippen LogP) is 6.30. The third-order valence-corrected chi connectivity index (χ3v) is 7.32. The summed E-state index contributed by atoms with van der Waals surface area (Å²) in [5.41, 5.74) is 7.01. The maximum Gasteiger partial charge on any atom is 0.161 e. The first-order valence-electron chi connectivity index (χ1n) is 13.2. The molecule has 0 bridgehead atoms. The Balaban J connectivity index is 1.24. The molecule has 2 aromatic carbocycles. The summed E-state index contributed by atoms with van der Waals surface area (Å²) in [7, 11) is 0. The van der Waals surface area contributed by atoms with Crippen molar-refractivity contribution in [3.8, 4) is 22.6 Å². The Hall–Kier alpha value is -4.79. The Bertz CT molecular complexity index is 1770. The zero-order valence-corrected chi connectivity index (χ0v) is 21.3. The van der Waals surface area contributed by atoms with E-state index in [2.05, 4.69) is 47.5 Å². The number of aromatic amines is 2. The summed E-state index contributed by atoms with van der Waals surface area (Å²) in [6.45, 7) is 2.69. The van der Waals surface area contributed by atoms with Crippen LogP contribution in [0, 0.1) is 5.82 Å². The number of imidazole rings is 1. The lowest BCUT2D eigenvalue weighted by atomic mass is 10.0. The average Bonchev–Trinajstić information content (AvgIpc) is 3.62. The molecule has 3 N–H and O–H groups in total. The van der Waals surface area contributed by atoms with E-state index in [1.807, 2.05) is 36.4 Å². The average molecular weight is 519 g/mol. The number of H-pyrrole nitrogens is 2. The van der Waals surface area contributed by atoms with Crippen LogP contribution in [0.4, 0.5) is 15.8 Å². The van der Waals surface area contributed by atoms with Gasteiger partial charge < -0.3 is 15.2 Å². The van der Waals surface area contributed by atoms with E-state index in [0.29, 0.717) is 40.2 Å². The van der Waals surface area contributed by atoms with Gasteiger partial charge in [-0.25, -0.2) is 14.4 Å². The van der Waals surface area contributed by atoms with Gasteiger partial charge in [0.15, 0.2) is 11.5 Å². The molecule has 1 aliphatic rings. The summed E-state index contributed by atoms with van der Waals surface area (Å²) >= 11 is 0. The lowest BCUT2D eigenvalue weighted by molar-refractivity contribution is 0.578. The fraction of sp³-hybridized carbons (Fsp3) is 0.200. The van der Waals surface area contributed by atoms with Gasteiger partial charge in [-0.3, -0.25) is 10.1 Å². The molecule has 0 saturated carbocycles. The molecular formula is C30H27FN8. The Kier molecular flexibility index (Phi) is 5.88. The van der Waals surface area contributed by atoms with Crippen LogP contribution in [0.2, 0.25) is 0 Å². The maximum atomic E-state index is 15.3. The van der Waals surface area contributed by atoms with Crippen molar-refractivity contribution in [2.45, 2.75) is 25.8 Å². The minimum Gasteiger partial charge on any atom is -0.380 e. The second kappa shape index (κ2) is 9.83. The molecule has 9 heteroatoms. The summed E-state index contributed by atoms with van der Waals surface area (Å²) in [6.07, 6.45) is 8.91. The van der Waals surface area contributed by atoms with E-state index in [0.717, 1.165) is 35.5 Å². The van der Waals surface area contributed by atoms with Crippen molar-refractivity contribution in [2.75, 3.05) is 23.3 Å². The maximum absolute atomic E-state index is 15.3. The number of nitrogens with one attached hydrogen (secondary N) is 3. The SMILES string of the molecule is Fc1cc(-c2cncc(NCc3ccccc3)c2)cc2c(-c3nc4c(N5CCCCC5)ccnc4[nH]3)n[nH]c12. The Morgan fingerprint density at radius 2 is 1.82 bits per heavy atom. The summed E-state index contributed by atoms with van der Waals surface area (Å²) in [5, 5.41) is 11.4. The molecule has 1 fully saturated rings. The summed E-state index contributed by atoms with van der Waals surface area (Å²) in [4.78, 5) is 19.5. The monoisotopic (exact) mass is 518 g/mol. The van der Waals surface area contributed by atoms with Gasteiger partial charge in [0.1, 0.15) is 22.5 Å². The van der Waals surface area contributed by atoms with Crippen molar-refractivity contribution in [3.05, 3.63) is 84.6 Å². The van der Waals surface area contributed by atoms with Crippen molar-refractivity contribution in [2.24, 2.45) is 0 Å². The van der Waals surface area contributed by atoms with Crippen LogP contribution in [0.3, 0.4) is 0 Å². The molecule has 0 unspecified atom stereocenters. The molecule has 194 valence electrons. The molecule has 0 radical (unpaired) electrons. The van der Waals surface area contributed by atoms with Gasteiger partial charge in [0.25, 0.3) is 0 Å². The molecule has 1 saturated heterocycles. The summed E-state index contributed by atoms with van der Waals surface area (Å²) in [6, 6.07) is 17.6. The molecule has 0 spiro atoms. The first-order chi connectivity index (χ1) is 19.2. The fourth-order valence-electron chi connectivity index (χ4n) is 5.32. The standard InChI is InChI=1S/C30H27FN8/c31-24-15-20(21-13-22(18-32-17-21)34-16-19-7-3-1-4-8-19)14-23-26(24)37-38-27(23)30-35-28-25(9-10-33-29(28)36-30)39-11-5-2-6-12-39/h1,3-4,7-10,13-15,17-18,34H,2,5-6,11-12,16H2,(H,37,38)(H,33,35,36). The quantitative estimate of drug-likeness (QED) is 0.239. The molecule has 39 heavy (non-hydrogen) atoms. The molecule has 5 heterocycles. The van der Waals surface area contributed by atoms with Gasteiger partial charge in [-0.05, 0) is 54.7 Å². The van der Waals surface area contributed by atoms with E-state index in [4.69, 9.17) is 4.98 Å². The number of hydrogen-bond donors (Lipinski definition) is 3. The second-order valence-corrected chi connectivity index (χ2v) is 9.91. The highest BCUT2D eigenvalue weighted by Crippen LogP contribution is 2.34. The smallest absolute Gasteiger partial charge is 0.161 e. The summed E-state index contributed by atoms with van der Waals surface area (Å²) in [5.74, 6) is 0.174. The molecular weight excluding hydrogens is 491 g/mol. The number of nitrogens with zero attached hydrogens (tertiary/aromatic N) is 5. The number of fused-ring (bicyclic) bond motifs is 2. The van der Waals surface area contributed by atoms with Crippen LogP contribution < -0.4 is 10.2 Å². The fourth-order valence-corrected chi connectivity index (χ4v) is 5.32. The van der Waals surface area contributed by atoms with Gasteiger partial charge in [0, 0.05) is 49.2 Å². The van der Waals surface area contributed by atoms with E-state index in [1.165, 1.54) is 30.9 Å². The van der Waals surface area contributed by atoms with E-state index in [-0.39, 0.29) is 5.82 Å². The minimum absolute atomic E-state index is 0.338. The van der Waals surface area contributed by atoms with Crippen LogP contribution >= 0.6 is 0 Å². The number of rotatable bonds is 6. The molecule has 1 aliphatic heterocycles. The number of piperidine rings is 1. The van der Waals surface area contributed by atoms with Gasteiger partial charge >= 0.3 is 0 Å². The van der Waals surface area contributed by atoms with E-state index < -0.39 is 0 Å². The van der Waals surface area contributed by atoms with Gasteiger partial charge in [-0.15, -0.1) is 0 Å². The third kappa shape index (κ3) is 4.46. The second-order valence-electron chi connectivity index (χ2n) is 9.91. The molecule has 4 aromatic heterocycles. The molecule has 8 nitrogen and oxygen atoms in total. The van der Waals surface area contributed by atoms with Gasteiger partial charge in [0.2, 0.25) is 0 Å². The molecule has 0 amide bonds. The van der Waals surface area contributed by atoms with Gasteiger partial charge in [0.05, 0.1) is 11.4 Å². The van der Waals surface area contributed by atoms with Crippen molar-refractivity contribution in [1.29, 1.82) is 0 Å². The van der Waals surface area contributed by atoms with E-state index in [1.54, 1.807) is 18.6 Å². The lowest BCUT2D eigenvalue weighted by Crippen LogP contribution is -2.29. The molecule has 0 aliphatic carbocycles. The first kappa shape index (κ1) is 23.3. The highest BCUT2D eigenvalue weighted by Gasteiger charge is 2.20. The van der Waals surface area contributed by atoms with Crippen LogP contribution in [-0.4, -0.2) is 43.2 Å². The van der Waals surface area contributed by atoms with Crippen LogP contribution in [0.15, 0.2) is 73.2 Å². The van der Waals surface area contributed by atoms with E-state index in [9.17, 15) is 0 Å². The predicted molar refractivity (Wildman–Crippen MR) is 152 cm³/mol. The Labute approximate surface area is 224 Å². The van der Waals surface area contributed by atoms with Crippen molar-refractivity contribution < 1.29 is 4.39 Å².